The van der Waals surface area contributed by atoms with Gasteiger partial charge in [-0.15, -0.1) is 0 Å². The Kier molecular flexibility index (Phi) is 8.19. The Morgan fingerprint density at radius 2 is 1.62 bits per heavy atom. The van der Waals surface area contributed by atoms with Crippen molar-refractivity contribution in [3.05, 3.63) is 65.5 Å². The number of benzene rings is 2. The highest BCUT2D eigenvalue weighted by atomic mass is 19.1. The average molecular weight is 400 g/mol. The quantitative estimate of drug-likeness (QED) is 0.698. The predicted molar refractivity (Wildman–Crippen MR) is 111 cm³/mol. The third-order valence-corrected chi connectivity index (χ3v) is 4.95. The van der Waals surface area contributed by atoms with E-state index in [1.165, 1.54) is 17.0 Å². The summed E-state index contributed by atoms with van der Waals surface area (Å²) in [6, 6.07) is 12.6. The molecule has 0 saturated carbocycles. The Morgan fingerprint density at radius 1 is 1.03 bits per heavy atom. The fraction of sp³-hybridized carbons (Fsp3) is 0.391. The maximum Gasteiger partial charge on any atom is 0.242 e. The summed E-state index contributed by atoms with van der Waals surface area (Å²) in [6.07, 6.45) is 0.961. The number of hydrogen-bond donors (Lipinski definition) is 1. The van der Waals surface area contributed by atoms with Crippen LogP contribution in [0.25, 0.3) is 0 Å². The zero-order valence-corrected chi connectivity index (χ0v) is 17.4. The van der Waals surface area contributed by atoms with Gasteiger partial charge in [0.1, 0.15) is 17.6 Å². The lowest BCUT2D eigenvalue weighted by Gasteiger charge is -2.30. The van der Waals surface area contributed by atoms with E-state index in [1.54, 1.807) is 38.3 Å². The first kappa shape index (κ1) is 22.4. The van der Waals surface area contributed by atoms with Crippen molar-refractivity contribution in [2.75, 3.05) is 7.11 Å². The minimum atomic E-state index is -0.653. The Hall–Kier alpha value is -2.89. The van der Waals surface area contributed by atoms with Crippen molar-refractivity contribution in [2.45, 2.75) is 52.2 Å². The first-order valence-corrected chi connectivity index (χ1v) is 9.81. The number of carbonyl (C=O) groups excluding carboxylic acids is 2. The molecule has 0 aliphatic heterocycles. The lowest BCUT2D eigenvalue weighted by molar-refractivity contribution is -0.140. The molecule has 2 amide bonds. The van der Waals surface area contributed by atoms with E-state index in [1.807, 2.05) is 26.0 Å². The number of rotatable bonds is 9. The van der Waals surface area contributed by atoms with Gasteiger partial charge in [-0.2, -0.15) is 0 Å². The van der Waals surface area contributed by atoms with Crippen LogP contribution < -0.4 is 10.1 Å². The number of nitrogens with one attached hydrogen (secondary N) is 1. The first-order chi connectivity index (χ1) is 13.8. The SMILES string of the molecule is CC[C@@H](C)NC(=O)[C@@H](C)N(Cc1ccc(F)cc1)C(=O)Cc1ccc(OC)cc1. The third kappa shape index (κ3) is 6.59. The van der Waals surface area contributed by atoms with Crippen molar-refractivity contribution in [1.82, 2.24) is 10.2 Å². The highest BCUT2D eigenvalue weighted by Crippen LogP contribution is 2.16. The van der Waals surface area contributed by atoms with Crippen molar-refractivity contribution in [3.8, 4) is 5.75 Å². The van der Waals surface area contributed by atoms with Gasteiger partial charge >= 0.3 is 0 Å². The van der Waals surface area contributed by atoms with E-state index in [-0.39, 0.29) is 36.6 Å². The minimum Gasteiger partial charge on any atom is -0.497 e. The summed E-state index contributed by atoms with van der Waals surface area (Å²) >= 11 is 0. The fourth-order valence-corrected chi connectivity index (χ4v) is 2.85. The van der Waals surface area contributed by atoms with E-state index in [2.05, 4.69) is 5.32 Å². The summed E-state index contributed by atoms with van der Waals surface area (Å²) in [7, 11) is 1.59. The molecule has 1 N–H and O–H groups in total. The molecule has 0 bridgehead atoms. The van der Waals surface area contributed by atoms with Gasteiger partial charge in [0.15, 0.2) is 0 Å². The topological polar surface area (TPSA) is 58.6 Å². The van der Waals surface area contributed by atoms with E-state index in [9.17, 15) is 14.0 Å². The largest absolute Gasteiger partial charge is 0.497 e. The monoisotopic (exact) mass is 400 g/mol. The van der Waals surface area contributed by atoms with E-state index in [0.717, 1.165) is 17.5 Å². The Morgan fingerprint density at radius 3 is 2.17 bits per heavy atom. The van der Waals surface area contributed by atoms with Crippen LogP contribution >= 0.6 is 0 Å². The van der Waals surface area contributed by atoms with Crippen molar-refractivity contribution >= 4 is 11.8 Å². The van der Waals surface area contributed by atoms with Crippen LogP contribution in [0.3, 0.4) is 0 Å². The van der Waals surface area contributed by atoms with Gasteiger partial charge < -0.3 is 15.0 Å². The van der Waals surface area contributed by atoms with Crippen LogP contribution in [0.15, 0.2) is 48.5 Å². The van der Waals surface area contributed by atoms with E-state index < -0.39 is 6.04 Å². The molecule has 0 radical (unpaired) electrons. The van der Waals surface area contributed by atoms with Gasteiger partial charge in [-0.05, 0) is 55.7 Å². The number of halogens is 1. The molecule has 6 heteroatoms. The molecule has 0 aliphatic rings. The molecule has 0 aliphatic carbocycles. The third-order valence-electron chi connectivity index (χ3n) is 4.95. The highest BCUT2D eigenvalue weighted by Gasteiger charge is 2.26. The van der Waals surface area contributed by atoms with Crippen LogP contribution in [-0.2, 0) is 22.6 Å². The van der Waals surface area contributed by atoms with Gasteiger partial charge in [0.25, 0.3) is 0 Å². The maximum absolute atomic E-state index is 13.2. The van der Waals surface area contributed by atoms with Gasteiger partial charge in [-0.1, -0.05) is 31.2 Å². The fourth-order valence-electron chi connectivity index (χ4n) is 2.85. The summed E-state index contributed by atoms with van der Waals surface area (Å²) < 4.78 is 18.4. The van der Waals surface area contributed by atoms with E-state index in [0.29, 0.717) is 5.75 Å². The number of nitrogens with zero attached hydrogens (tertiary/aromatic N) is 1. The molecule has 0 fully saturated rings. The number of methoxy groups -OCH3 is 1. The second-order valence-corrected chi connectivity index (χ2v) is 7.17. The number of ether oxygens (including phenoxy) is 1. The molecule has 29 heavy (non-hydrogen) atoms. The molecule has 0 saturated heterocycles. The van der Waals surface area contributed by atoms with E-state index >= 15 is 0 Å². The summed E-state index contributed by atoms with van der Waals surface area (Å²) in [6.45, 7) is 5.85. The molecule has 0 spiro atoms. The second-order valence-electron chi connectivity index (χ2n) is 7.17. The lowest BCUT2D eigenvalue weighted by Crippen LogP contribution is -2.49. The number of carbonyl (C=O) groups is 2. The standard InChI is InChI=1S/C23H29FN2O3/c1-5-16(2)25-23(28)17(3)26(15-19-6-10-20(24)11-7-19)22(27)14-18-8-12-21(29-4)13-9-18/h6-13,16-17H,5,14-15H2,1-4H3,(H,25,28)/t16-,17-/m1/s1. The van der Waals surface area contributed by atoms with Crippen molar-refractivity contribution in [1.29, 1.82) is 0 Å². The van der Waals surface area contributed by atoms with Crippen molar-refractivity contribution < 1.29 is 18.7 Å². The van der Waals surface area contributed by atoms with Gasteiger partial charge in [0.05, 0.1) is 13.5 Å². The highest BCUT2D eigenvalue weighted by molar-refractivity contribution is 5.88. The van der Waals surface area contributed by atoms with Crippen LogP contribution in [0.1, 0.15) is 38.3 Å². The zero-order chi connectivity index (χ0) is 21.4. The molecule has 2 rings (SSSR count). The molecule has 0 unspecified atom stereocenters. The number of amides is 2. The first-order valence-electron chi connectivity index (χ1n) is 9.81. The van der Waals surface area contributed by atoms with Crippen LogP contribution in [0, 0.1) is 5.82 Å². The molecular formula is C23H29FN2O3. The van der Waals surface area contributed by atoms with Gasteiger partial charge in [0, 0.05) is 12.6 Å². The summed E-state index contributed by atoms with van der Waals surface area (Å²) in [5.41, 5.74) is 1.59. The predicted octanol–water partition coefficient (Wildman–Crippen LogP) is 3.71. The lowest BCUT2D eigenvalue weighted by atomic mass is 10.1. The Balaban J connectivity index is 2.20. The van der Waals surface area contributed by atoms with Crippen LogP contribution in [0.4, 0.5) is 4.39 Å². The van der Waals surface area contributed by atoms with Gasteiger partial charge in [-0.25, -0.2) is 4.39 Å². The zero-order valence-electron chi connectivity index (χ0n) is 17.4. The Labute approximate surface area is 171 Å². The normalized spacial score (nSPS) is 12.7. The minimum absolute atomic E-state index is 0.0225. The summed E-state index contributed by atoms with van der Waals surface area (Å²) in [4.78, 5) is 27.3. The number of hydrogen-bond acceptors (Lipinski definition) is 3. The molecule has 2 aromatic rings. The summed E-state index contributed by atoms with van der Waals surface area (Å²) in [5, 5.41) is 2.93. The van der Waals surface area contributed by atoms with Crippen LogP contribution in [0.5, 0.6) is 5.75 Å². The van der Waals surface area contributed by atoms with Crippen LogP contribution in [0.2, 0.25) is 0 Å². The summed E-state index contributed by atoms with van der Waals surface area (Å²) in [5.74, 6) is -0.00563. The molecule has 156 valence electrons. The molecule has 0 heterocycles. The Bertz CT molecular complexity index is 806. The molecule has 2 aromatic carbocycles. The molecule has 5 nitrogen and oxygen atoms in total. The van der Waals surface area contributed by atoms with E-state index in [4.69, 9.17) is 4.74 Å². The second kappa shape index (κ2) is 10.6. The van der Waals surface area contributed by atoms with Gasteiger partial charge in [-0.3, -0.25) is 9.59 Å². The molecule has 0 aromatic heterocycles. The van der Waals surface area contributed by atoms with Crippen molar-refractivity contribution in [3.63, 3.8) is 0 Å². The van der Waals surface area contributed by atoms with Gasteiger partial charge in [0.2, 0.25) is 11.8 Å². The molecular weight excluding hydrogens is 371 g/mol. The van der Waals surface area contributed by atoms with Crippen molar-refractivity contribution in [2.24, 2.45) is 0 Å². The molecule has 2 atom stereocenters. The van der Waals surface area contributed by atoms with Crippen LogP contribution in [-0.4, -0.2) is 35.9 Å². The maximum atomic E-state index is 13.2. The smallest absolute Gasteiger partial charge is 0.242 e. The average Bonchev–Trinajstić information content (AvgIpc) is 2.73.